The molecule has 5 nitrogen and oxygen atoms in total. The zero-order chi connectivity index (χ0) is 14.5. The van der Waals surface area contributed by atoms with Gasteiger partial charge in [-0.25, -0.2) is 4.79 Å². The number of carboxylic acid groups (broad SMARTS) is 1. The molecule has 1 N–H and O–H groups in total. The maximum atomic E-state index is 12.3. The second-order valence-electron chi connectivity index (χ2n) is 4.69. The monoisotopic (exact) mass is 275 g/mol. The first-order valence-electron chi connectivity index (χ1n) is 6.43. The van der Waals surface area contributed by atoms with Gasteiger partial charge < -0.3 is 14.7 Å². The maximum absolute atomic E-state index is 12.3. The minimum absolute atomic E-state index is 0.0462. The van der Waals surface area contributed by atoms with Gasteiger partial charge in [0.05, 0.1) is 6.10 Å². The number of aliphatic carboxylic acids is 1. The molecule has 0 aromatic heterocycles. The van der Waals surface area contributed by atoms with Gasteiger partial charge in [0, 0.05) is 31.8 Å². The van der Waals surface area contributed by atoms with E-state index in [4.69, 9.17) is 9.84 Å². The van der Waals surface area contributed by atoms with Crippen LogP contribution in [0.15, 0.2) is 30.3 Å². The second kappa shape index (κ2) is 6.34. The molecule has 1 saturated heterocycles. The Labute approximate surface area is 117 Å². The van der Waals surface area contributed by atoms with E-state index < -0.39 is 5.97 Å². The molecule has 1 unspecified atom stereocenters. The Bertz CT molecular complexity index is 538. The summed E-state index contributed by atoms with van der Waals surface area (Å²) in [6, 6.07) is 6.94. The Kier molecular flexibility index (Phi) is 4.53. The van der Waals surface area contributed by atoms with Crippen molar-refractivity contribution in [2.24, 2.45) is 0 Å². The van der Waals surface area contributed by atoms with Gasteiger partial charge in [-0.1, -0.05) is 12.1 Å². The Morgan fingerprint density at radius 2 is 2.25 bits per heavy atom. The number of carbonyl (C=O) groups excluding carboxylic acids is 1. The summed E-state index contributed by atoms with van der Waals surface area (Å²) in [5.41, 5.74) is 1.26. The first-order valence-corrected chi connectivity index (χ1v) is 6.43. The molecule has 1 amide bonds. The standard InChI is InChI=1S/C15H17NO4/c1-20-13-7-8-16(10-13)15(19)12-4-2-3-11(9-12)5-6-14(17)18/h2-6,9,13H,7-8,10H2,1H3,(H,17,18)/b6-5+. The number of ether oxygens (including phenoxy) is 1. The van der Waals surface area contributed by atoms with Crippen molar-refractivity contribution in [2.45, 2.75) is 12.5 Å². The van der Waals surface area contributed by atoms with E-state index in [1.807, 2.05) is 0 Å². The largest absolute Gasteiger partial charge is 0.478 e. The number of carbonyl (C=O) groups is 2. The number of hydrogen-bond acceptors (Lipinski definition) is 3. The SMILES string of the molecule is COC1CCN(C(=O)c2cccc(/C=C/C(=O)O)c2)C1. The van der Waals surface area contributed by atoms with Crippen molar-refractivity contribution in [1.82, 2.24) is 4.90 Å². The zero-order valence-electron chi connectivity index (χ0n) is 11.3. The molecule has 0 bridgehead atoms. The predicted molar refractivity (Wildman–Crippen MR) is 74.4 cm³/mol. The molecule has 1 aromatic rings. The summed E-state index contributed by atoms with van der Waals surface area (Å²) in [5.74, 6) is -1.06. The molecule has 1 heterocycles. The zero-order valence-corrected chi connectivity index (χ0v) is 11.3. The van der Waals surface area contributed by atoms with Gasteiger partial charge in [0.1, 0.15) is 0 Å². The van der Waals surface area contributed by atoms with Crippen molar-refractivity contribution < 1.29 is 19.4 Å². The number of nitrogens with zero attached hydrogens (tertiary/aromatic N) is 1. The van der Waals surface area contributed by atoms with Crippen molar-refractivity contribution in [3.05, 3.63) is 41.5 Å². The third-order valence-electron chi connectivity index (χ3n) is 3.32. The summed E-state index contributed by atoms with van der Waals surface area (Å²) in [7, 11) is 1.65. The van der Waals surface area contributed by atoms with Gasteiger partial charge in [-0.15, -0.1) is 0 Å². The summed E-state index contributed by atoms with van der Waals surface area (Å²) in [4.78, 5) is 24.6. The van der Waals surface area contributed by atoms with Crippen molar-refractivity contribution >= 4 is 18.0 Å². The normalized spacial score (nSPS) is 18.6. The van der Waals surface area contributed by atoms with Crippen LogP contribution >= 0.6 is 0 Å². The van der Waals surface area contributed by atoms with Crippen LogP contribution in [0, 0.1) is 0 Å². The van der Waals surface area contributed by atoms with Crippen LogP contribution in [0.1, 0.15) is 22.3 Å². The highest BCUT2D eigenvalue weighted by Gasteiger charge is 2.26. The summed E-state index contributed by atoms with van der Waals surface area (Å²) >= 11 is 0. The molecular formula is C15H17NO4. The van der Waals surface area contributed by atoms with Crippen molar-refractivity contribution in [2.75, 3.05) is 20.2 Å². The molecule has 1 aromatic carbocycles. The van der Waals surface area contributed by atoms with Crippen molar-refractivity contribution in [3.63, 3.8) is 0 Å². The minimum atomic E-state index is -1.01. The molecular weight excluding hydrogens is 258 g/mol. The number of methoxy groups -OCH3 is 1. The smallest absolute Gasteiger partial charge is 0.328 e. The van der Waals surface area contributed by atoms with Gasteiger partial charge in [0.15, 0.2) is 0 Å². The number of amides is 1. The fourth-order valence-corrected chi connectivity index (χ4v) is 2.23. The van der Waals surface area contributed by atoms with Crippen LogP contribution < -0.4 is 0 Å². The highest BCUT2D eigenvalue weighted by atomic mass is 16.5. The summed E-state index contributed by atoms with van der Waals surface area (Å²) in [5, 5.41) is 8.61. The molecule has 0 saturated carbocycles. The van der Waals surface area contributed by atoms with E-state index in [-0.39, 0.29) is 12.0 Å². The van der Waals surface area contributed by atoms with Crippen molar-refractivity contribution in [1.29, 1.82) is 0 Å². The summed E-state index contributed by atoms with van der Waals surface area (Å²) < 4.78 is 5.25. The molecule has 1 aliphatic rings. The van der Waals surface area contributed by atoms with E-state index in [1.54, 1.807) is 36.3 Å². The fraction of sp³-hybridized carbons (Fsp3) is 0.333. The van der Waals surface area contributed by atoms with E-state index in [2.05, 4.69) is 0 Å². The Morgan fingerprint density at radius 1 is 1.45 bits per heavy atom. The van der Waals surface area contributed by atoms with Gasteiger partial charge in [0.2, 0.25) is 0 Å². The molecule has 0 spiro atoms. The van der Waals surface area contributed by atoms with Crippen LogP contribution in [0.4, 0.5) is 0 Å². The molecule has 1 aliphatic heterocycles. The van der Waals surface area contributed by atoms with Crippen LogP contribution in [0.2, 0.25) is 0 Å². The molecule has 1 atom stereocenters. The lowest BCUT2D eigenvalue weighted by atomic mass is 10.1. The third-order valence-corrected chi connectivity index (χ3v) is 3.32. The van der Waals surface area contributed by atoms with E-state index in [1.165, 1.54) is 6.08 Å². The molecule has 0 aliphatic carbocycles. The summed E-state index contributed by atoms with van der Waals surface area (Å²) in [6.45, 7) is 1.29. The highest BCUT2D eigenvalue weighted by Crippen LogP contribution is 2.16. The average Bonchev–Trinajstić information content (AvgIpc) is 2.93. The quantitative estimate of drug-likeness (QED) is 0.848. The lowest BCUT2D eigenvalue weighted by molar-refractivity contribution is -0.131. The summed E-state index contributed by atoms with van der Waals surface area (Å²) in [6.07, 6.45) is 3.48. The van der Waals surface area contributed by atoms with Gasteiger partial charge in [-0.05, 0) is 30.2 Å². The topological polar surface area (TPSA) is 66.8 Å². The Hall–Kier alpha value is -2.14. The second-order valence-corrected chi connectivity index (χ2v) is 4.69. The predicted octanol–water partition coefficient (Wildman–Crippen LogP) is 1.65. The molecule has 1 fully saturated rings. The van der Waals surface area contributed by atoms with E-state index in [9.17, 15) is 9.59 Å². The third kappa shape index (κ3) is 3.45. The average molecular weight is 275 g/mol. The van der Waals surface area contributed by atoms with Gasteiger partial charge in [0.25, 0.3) is 5.91 Å². The maximum Gasteiger partial charge on any atom is 0.328 e. The Balaban J connectivity index is 2.11. The molecule has 20 heavy (non-hydrogen) atoms. The van der Waals surface area contributed by atoms with E-state index in [0.717, 1.165) is 12.5 Å². The van der Waals surface area contributed by atoms with Crippen molar-refractivity contribution in [3.8, 4) is 0 Å². The first-order chi connectivity index (χ1) is 9.60. The van der Waals surface area contributed by atoms with E-state index >= 15 is 0 Å². The lowest BCUT2D eigenvalue weighted by Crippen LogP contribution is -2.29. The lowest BCUT2D eigenvalue weighted by Gasteiger charge is -2.16. The van der Waals surface area contributed by atoms with Crippen LogP contribution in [0.5, 0.6) is 0 Å². The number of likely N-dealkylation sites (tertiary alicyclic amines) is 1. The fourth-order valence-electron chi connectivity index (χ4n) is 2.23. The number of hydrogen-bond donors (Lipinski definition) is 1. The van der Waals surface area contributed by atoms with Crippen LogP contribution in [0.25, 0.3) is 6.08 Å². The Morgan fingerprint density at radius 3 is 2.90 bits per heavy atom. The van der Waals surface area contributed by atoms with Gasteiger partial charge in [-0.3, -0.25) is 4.79 Å². The number of benzene rings is 1. The number of rotatable bonds is 4. The molecule has 2 rings (SSSR count). The van der Waals surface area contributed by atoms with Crippen LogP contribution in [-0.4, -0.2) is 48.2 Å². The van der Waals surface area contributed by atoms with Gasteiger partial charge >= 0.3 is 5.97 Å². The first kappa shape index (κ1) is 14.3. The molecule has 0 radical (unpaired) electrons. The molecule has 5 heteroatoms. The minimum Gasteiger partial charge on any atom is -0.478 e. The number of carboxylic acids is 1. The van der Waals surface area contributed by atoms with Crippen LogP contribution in [0.3, 0.4) is 0 Å². The highest BCUT2D eigenvalue weighted by molar-refractivity contribution is 5.95. The van der Waals surface area contributed by atoms with Gasteiger partial charge in [-0.2, -0.15) is 0 Å². The van der Waals surface area contributed by atoms with Crippen LogP contribution in [-0.2, 0) is 9.53 Å². The molecule has 106 valence electrons. The van der Waals surface area contributed by atoms with E-state index in [0.29, 0.717) is 24.2 Å².